The van der Waals surface area contributed by atoms with Gasteiger partial charge in [-0.1, -0.05) is 32.0 Å². The van der Waals surface area contributed by atoms with Gasteiger partial charge in [0.2, 0.25) is 0 Å². The molecule has 2 aromatic rings. The third kappa shape index (κ3) is 4.25. The smallest absolute Gasteiger partial charge is 0.180 e. The highest BCUT2D eigenvalue weighted by molar-refractivity contribution is 7.15. The van der Waals surface area contributed by atoms with Gasteiger partial charge in [0.15, 0.2) is 5.13 Å². The minimum Gasteiger partial charge on any atom is -0.395 e. The van der Waals surface area contributed by atoms with E-state index in [2.05, 4.69) is 24.1 Å². The van der Waals surface area contributed by atoms with Crippen molar-refractivity contribution in [3.8, 4) is 0 Å². The molecule has 0 bridgehead atoms. The fourth-order valence-corrected chi connectivity index (χ4v) is 3.23. The topological polar surface area (TPSA) is 71.2 Å². The van der Waals surface area contributed by atoms with Gasteiger partial charge in [0, 0.05) is 22.7 Å². The molecule has 1 heterocycles. The second-order valence-corrected chi connectivity index (χ2v) is 6.82. The van der Waals surface area contributed by atoms with Gasteiger partial charge in [0.05, 0.1) is 12.6 Å². The van der Waals surface area contributed by atoms with Crippen LogP contribution in [0.3, 0.4) is 0 Å². The van der Waals surface area contributed by atoms with Crippen molar-refractivity contribution in [2.24, 2.45) is 5.92 Å². The minimum absolute atomic E-state index is 0.00256. The number of nitrogens with two attached hydrogens (primary N) is 1. The number of nitrogens with one attached hydrogen (secondary N) is 1. The molecule has 2 atom stereocenters. The Bertz CT molecular complexity index is 603. The summed E-state index contributed by atoms with van der Waals surface area (Å²) >= 11 is 1.33. The Balaban J connectivity index is 2.32. The maximum absolute atomic E-state index is 14.2. The molecule has 0 aliphatic heterocycles. The van der Waals surface area contributed by atoms with Crippen molar-refractivity contribution in [3.63, 3.8) is 0 Å². The van der Waals surface area contributed by atoms with Gasteiger partial charge >= 0.3 is 0 Å². The molecule has 0 amide bonds. The molecular weight excluding hydrogens is 301 g/mol. The van der Waals surface area contributed by atoms with Gasteiger partial charge < -0.3 is 16.2 Å². The minimum atomic E-state index is -0.369. The van der Waals surface area contributed by atoms with Crippen LogP contribution in [0.1, 0.15) is 36.8 Å². The Morgan fingerprint density at radius 1 is 1.36 bits per heavy atom. The van der Waals surface area contributed by atoms with Crippen LogP contribution in [0.15, 0.2) is 30.5 Å². The fourth-order valence-electron chi connectivity index (χ4n) is 2.47. The summed E-state index contributed by atoms with van der Waals surface area (Å²) in [6, 6.07) is 6.15. The zero-order valence-corrected chi connectivity index (χ0v) is 13.6. The number of aromatic nitrogens is 1. The van der Waals surface area contributed by atoms with Crippen LogP contribution in [0.5, 0.6) is 0 Å². The Morgan fingerprint density at radius 2 is 2.09 bits per heavy atom. The van der Waals surface area contributed by atoms with E-state index in [1.807, 2.05) is 0 Å². The highest BCUT2D eigenvalue weighted by Gasteiger charge is 2.23. The van der Waals surface area contributed by atoms with Gasteiger partial charge in [-0.25, -0.2) is 9.37 Å². The van der Waals surface area contributed by atoms with Crippen LogP contribution in [0, 0.1) is 11.7 Å². The lowest BCUT2D eigenvalue weighted by Crippen LogP contribution is -2.37. The number of thiazole rings is 1. The average molecular weight is 323 g/mol. The lowest BCUT2D eigenvalue weighted by Gasteiger charge is -2.25. The highest BCUT2D eigenvalue weighted by Crippen LogP contribution is 2.30. The van der Waals surface area contributed by atoms with E-state index in [4.69, 9.17) is 5.73 Å². The maximum Gasteiger partial charge on any atom is 0.180 e. The largest absolute Gasteiger partial charge is 0.395 e. The molecule has 0 saturated heterocycles. The Kier molecular flexibility index (Phi) is 5.88. The Hall–Kier alpha value is -1.50. The van der Waals surface area contributed by atoms with Gasteiger partial charge in [0.25, 0.3) is 0 Å². The number of nitrogens with zero attached hydrogens (tertiary/aromatic N) is 1. The van der Waals surface area contributed by atoms with E-state index in [0.717, 1.165) is 11.3 Å². The third-order valence-corrected chi connectivity index (χ3v) is 4.31. The average Bonchev–Trinajstić information content (AvgIpc) is 2.90. The summed E-state index contributed by atoms with van der Waals surface area (Å²) in [5.41, 5.74) is 6.25. The van der Waals surface area contributed by atoms with Crippen LogP contribution in [-0.4, -0.2) is 22.7 Å². The summed E-state index contributed by atoms with van der Waals surface area (Å²) in [4.78, 5) is 4.90. The van der Waals surface area contributed by atoms with Gasteiger partial charge in [-0.05, 0) is 18.4 Å². The van der Waals surface area contributed by atoms with Crippen LogP contribution in [-0.2, 0) is 0 Å². The van der Waals surface area contributed by atoms with Crippen LogP contribution < -0.4 is 11.1 Å². The molecule has 0 spiro atoms. The Labute approximate surface area is 134 Å². The predicted molar refractivity (Wildman–Crippen MR) is 88.2 cm³/mol. The summed E-state index contributed by atoms with van der Waals surface area (Å²) in [6.45, 7) is 4.18. The molecule has 1 aromatic carbocycles. The molecule has 0 fully saturated rings. The first-order valence-corrected chi connectivity index (χ1v) is 8.15. The van der Waals surface area contributed by atoms with Crippen LogP contribution in [0.25, 0.3) is 0 Å². The third-order valence-electron chi connectivity index (χ3n) is 3.42. The molecule has 22 heavy (non-hydrogen) atoms. The van der Waals surface area contributed by atoms with E-state index in [0.29, 0.717) is 16.6 Å². The van der Waals surface area contributed by atoms with Gasteiger partial charge in [-0.3, -0.25) is 0 Å². The van der Waals surface area contributed by atoms with Crippen molar-refractivity contribution in [2.75, 3.05) is 12.3 Å². The van der Waals surface area contributed by atoms with Crippen LogP contribution in [0.2, 0.25) is 0 Å². The number of nitrogen functional groups attached to an aromatic ring is 1. The van der Waals surface area contributed by atoms with Gasteiger partial charge in [-0.15, -0.1) is 11.3 Å². The molecule has 4 nitrogen and oxygen atoms in total. The quantitative estimate of drug-likeness (QED) is 0.732. The summed E-state index contributed by atoms with van der Waals surface area (Å²) < 4.78 is 14.2. The molecular formula is C16H22FN3OS. The first kappa shape index (κ1) is 16.9. The molecule has 4 N–H and O–H groups in total. The molecule has 0 aliphatic carbocycles. The Morgan fingerprint density at radius 3 is 2.64 bits per heavy atom. The first-order valence-electron chi connectivity index (χ1n) is 7.33. The van der Waals surface area contributed by atoms with Crippen molar-refractivity contribution < 1.29 is 9.50 Å². The molecule has 120 valence electrons. The fraction of sp³-hybridized carbons (Fsp3) is 0.438. The SMILES string of the molecule is CC(C)C[C@H](CO)NC(c1cnc(N)s1)c1ccccc1F. The van der Waals surface area contributed by atoms with Gasteiger partial charge in [-0.2, -0.15) is 0 Å². The lowest BCUT2D eigenvalue weighted by atomic mass is 10.00. The van der Waals surface area contributed by atoms with Crippen molar-refractivity contribution in [1.29, 1.82) is 0 Å². The first-order chi connectivity index (χ1) is 10.5. The number of rotatable bonds is 7. The lowest BCUT2D eigenvalue weighted by molar-refractivity contribution is 0.217. The number of aliphatic hydroxyl groups is 1. The van der Waals surface area contributed by atoms with E-state index < -0.39 is 0 Å². The van der Waals surface area contributed by atoms with Crippen LogP contribution in [0.4, 0.5) is 9.52 Å². The molecule has 2 rings (SSSR count). The van der Waals surface area contributed by atoms with E-state index in [1.54, 1.807) is 24.4 Å². The zero-order chi connectivity index (χ0) is 16.1. The highest BCUT2D eigenvalue weighted by atomic mass is 32.1. The summed E-state index contributed by atoms with van der Waals surface area (Å²) in [6.07, 6.45) is 2.46. The molecule has 0 saturated carbocycles. The van der Waals surface area contributed by atoms with Crippen LogP contribution >= 0.6 is 11.3 Å². The second kappa shape index (κ2) is 7.67. The number of hydrogen-bond acceptors (Lipinski definition) is 5. The monoisotopic (exact) mass is 323 g/mol. The number of anilines is 1. The maximum atomic E-state index is 14.2. The summed E-state index contributed by atoms with van der Waals surface area (Å²) in [5.74, 6) is 0.144. The van der Waals surface area contributed by atoms with Crippen molar-refractivity contribution in [3.05, 3.63) is 46.7 Å². The van der Waals surface area contributed by atoms with E-state index in [9.17, 15) is 9.50 Å². The van der Waals surface area contributed by atoms with E-state index in [1.165, 1.54) is 17.4 Å². The second-order valence-electron chi connectivity index (χ2n) is 5.73. The molecule has 6 heteroatoms. The number of aliphatic hydroxyl groups excluding tert-OH is 1. The normalized spacial score (nSPS) is 14.2. The number of hydrogen-bond donors (Lipinski definition) is 3. The van der Waals surface area contributed by atoms with Crippen molar-refractivity contribution >= 4 is 16.5 Å². The standard InChI is InChI=1S/C16H22FN3OS/c1-10(2)7-11(9-21)20-15(14-8-19-16(18)22-14)12-5-3-4-6-13(12)17/h3-6,8,10-11,15,20-21H,7,9H2,1-2H3,(H2,18,19)/t11-,15?/m1/s1. The van der Waals surface area contributed by atoms with E-state index >= 15 is 0 Å². The van der Waals surface area contributed by atoms with E-state index in [-0.39, 0.29) is 24.5 Å². The summed E-state index contributed by atoms with van der Waals surface area (Å²) in [7, 11) is 0. The van der Waals surface area contributed by atoms with Crippen molar-refractivity contribution in [1.82, 2.24) is 10.3 Å². The number of halogens is 1. The molecule has 1 aromatic heterocycles. The van der Waals surface area contributed by atoms with Gasteiger partial charge in [0.1, 0.15) is 5.82 Å². The molecule has 0 aliphatic rings. The predicted octanol–water partition coefficient (Wildman–Crippen LogP) is 2.95. The zero-order valence-electron chi connectivity index (χ0n) is 12.8. The molecule has 0 radical (unpaired) electrons. The number of benzene rings is 1. The van der Waals surface area contributed by atoms with Crippen molar-refractivity contribution in [2.45, 2.75) is 32.4 Å². The summed E-state index contributed by atoms with van der Waals surface area (Å²) in [5, 5.41) is 13.4. The molecule has 1 unspecified atom stereocenters.